The van der Waals surface area contributed by atoms with Crippen molar-refractivity contribution in [1.29, 1.82) is 0 Å². The van der Waals surface area contributed by atoms with Crippen molar-refractivity contribution in [3.05, 3.63) is 71.9 Å². The second kappa shape index (κ2) is 29.1. The Bertz CT molecular complexity index is 2370. The Kier molecular flexibility index (Phi) is 22.8. The summed E-state index contributed by atoms with van der Waals surface area (Å²) >= 11 is 5.96. The summed E-state index contributed by atoms with van der Waals surface area (Å²) in [6, 6.07) is 11.7. The lowest BCUT2D eigenvalue weighted by Crippen LogP contribution is -2.59. The fourth-order valence-electron chi connectivity index (χ4n) is 9.62. The lowest BCUT2D eigenvalue weighted by molar-refractivity contribution is -0.149. The van der Waals surface area contributed by atoms with Crippen molar-refractivity contribution >= 4 is 75.8 Å². The number of ketones is 1. The summed E-state index contributed by atoms with van der Waals surface area (Å²) in [5.41, 5.74) is 13.4. The van der Waals surface area contributed by atoms with E-state index in [0.29, 0.717) is 51.5 Å². The van der Waals surface area contributed by atoms with Gasteiger partial charge in [-0.15, -0.1) is 11.6 Å². The minimum Gasteiger partial charge on any atom is -0.368 e. The van der Waals surface area contributed by atoms with Crippen LogP contribution < -0.4 is 43.4 Å². The van der Waals surface area contributed by atoms with Crippen LogP contribution in [0.3, 0.4) is 0 Å². The Morgan fingerprint density at radius 2 is 1.56 bits per heavy atom. The number of likely N-dealkylation sites (tertiary alicyclic amines) is 1. The molecule has 10 amide bonds. The van der Waals surface area contributed by atoms with Crippen LogP contribution in [0.4, 0.5) is 9.59 Å². The van der Waals surface area contributed by atoms with Gasteiger partial charge in [0, 0.05) is 81.4 Å². The van der Waals surface area contributed by atoms with Crippen LogP contribution in [0.15, 0.2) is 60.8 Å². The van der Waals surface area contributed by atoms with Crippen molar-refractivity contribution in [2.75, 3.05) is 32.6 Å². The predicted octanol–water partition coefficient (Wildman–Crippen LogP) is 3.19. The third-order valence-corrected chi connectivity index (χ3v) is 14.1. The molecule has 3 aromatic rings. The summed E-state index contributed by atoms with van der Waals surface area (Å²) in [5.74, 6) is -4.78. The summed E-state index contributed by atoms with van der Waals surface area (Å²) in [6.07, 6.45) is 8.23. The highest BCUT2D eigenvalue weighted by molar-refractivity contribution is 6.27. The van der Waals surface area contributed by atoms with Crippen LogP contribution in [0.25, 0.3) is 10.9 Å². The number of fused-ring (bicyclic) bond motifs is 1. The number of carbonyl (C=O) groups excluding carboxylic acids is 9. The van der Waals surface area contributed by atoms with Crippen LogP contribution in [-0.2, 0) is 46.4 Å². The van der Waals surface area contributed by atoms with Gasteiger partial charge >= 0.3 is 12.1 Å². The molecule has 7 atom stereocenters. The minimum atomic E-state index is -1.17. The van der Waals surface area contributed by atoms with E-state index < -0.39 is 71.4 Å². The molecular weight excluding hydrogens is 958 g/mol. The van der Waals surface area contributed by atoms with Crippen LogP contribution in [-0.4, -0.2) is 137 Å². The number of Topliss-reactive ketones (excluding diaryl/α,β-unsaturated/α-hetero) is 1. The number of H-pyrrole nitrogens is 1. The largest absolute Gasteiger partial charge is 0.368 e. The van der Waals surface area contributed by atoms with Crippen LogP contribution in [0, 0.1) is 5.92 Å². The number of amides is 10. The molecule has 2 aliphatic heterocycles. The molecule has 2 aromatic carbocycles. The molecule has 0 radical (unpaired) electrons. The Balaban J connectivity index is 1.25. The first kappa shape index (κ1) is 57.2. The number of benzene rings is 2. The van der Waals surface area contributed by atoms with E-state index in [9.17, 15) is 43.2 Å². The van der Waals surface area contributed by atoms with Gasteiger partial charge in [0.25, 0.3) is 0 Å². The number of aromatic amines is 1. The zero-order valence-corrected chi connectivity index (χ0v) is 42.8. The smallest absolute Gasteiger partial charge is 0.315 e. The summed E-state index contributed by atoms with van der Waals surface area (Å²) in [6.45, 7) is 2.66. The monoisotopic (exact) mass is 1030 g/mol. The molecule has 1 aromatic heterocycles. The van der Waals surface area contributed by atoms with Crippen molar-refractivity contribution in [2.45, 2.75) is 146 Å². The fourth-order valence-corrected chi connectivity index (χ4v) is 9.80. The molecule has 398 valence electrons. The first-order valence-corrected chi connectivity index (χ1v) is 26.1. The van der Waals surface area contributed by atoms with E-state index >= 15 is 0 Å². The zero-order valence-electron chi connectivity index (χ0n) is 42.1. The van der Waals surface area contributed by atoms with Crippen molar-refractivity contribution in [3.8, 4) is 0 Å². The van der Waals surface area contributed by atoms with Crippen molar-refractivity contribution in [3.63, 3.8) is 0 Å². The molecule has 20 nitrogen and oxygen atoms in total. The number of likely N-dealkylation sites (N-methyl/N-ethyl adjacent to an activating group) is 1. The van der Waals surface area contributed by atoms with Gasteiger partial charge in [-0.25, -0.2) is 9.59 Å². The lowest BCUT2D eigenvalue weighted by Gasteiger charge is -2.39. The molecule has 2 fully saturated rings. The molecule has 0 aliphatic carbocycles. The number of rotatable bonds is 30. The van der Waals surface area contributed by atoms with Gasteiger partial charge < -0.3 is 58.2 Å². The molecule has 73 heavy (non-hydrogen) atoms. The highest BCUT2D eigenvalue weighted by Gasteiger charge is 2.40. The highest BCUT2D eigenvalue weighted by Crippen LogP contribution is 2.25. The number of urea groups is 2. The maximum atomic E-state index is 14.7. The molecular formula is C52H74ClN11O9. The number of unbranched alkanes of at least 4 members (excludes halogenated alkanes) is 3. The number of aromatic nitrogens is 1. The van der Waals surface area contributed by atoms with Crippen molar-refractivity contribution in [1.82, 2.24) is 46.7 Å². The number of halogens is 1. The first-order valence-electron chi connectivity index (χ1n) is 25.6. The van der Waals surface area contributed by atoms with Gasteiger partial charge in [0.15, 0.2) is 5.78 Å². The van der Waals surface area contributed by atoms with Gasteiger partial charge in [0.05, 0.1) is 12.1 Å². The third kappa shape index (κ3) is 17.8. The fraction of sp³-hybridized carbons (Fsp3) is 0.558. The second-order valence-electron chi connectivity index (χ2n) is 19.2. The Morgan fingerprint density at radius 3 is 2.27 bits per heavy atom. The lowest BCUT2D eigenvalue weighted by atomic mass is 9.90. The number of para-hydroxylation sites is 1. The van der Waals surface area contributed by atoms with Gasteiger partial charge in [0.2, 0.25) is 35.4 Å². The molecule has 11 N–H and O–H groups in total. The zero-order chi connectivity index (χ0) is 52.9. The van der Waals surface area contributed by atoms with E-state index in [4.69, 9.17) is 23.1 Å². The number of hydrogen-bond donors (Lipinski definition) is 9. The molecule has 5 rings (SSSR count). The molecule has 3 heterocycles. The van der Waals surface area contributed by atoms with Crippen LogP contribution in [0.5, 0.6) is 0 Å². The Morgan fingerprint density at radius 1 is 0.822 bits per heavy atom. The summed E-state index contributed by atoms with van der Waals surface area (Å²) in [5, 5.41) is 17.6. The van der Waals surface area contributed by atoms with Gasteiger partial charge in [-0.3, -0.25) is 33.6 Å². The highest BCUT2D eigenvalue weighted by atomic mass is 35.5. The number of nitrogens with zero attached hydrogens (tertiary/aromatic N) is 2. The molecule has 2 saturated heterocycles. The number of piperidine rings is 1. The summed E-state index contributed by atoms with van der Waals surface area (Å²) in [4.78, 5) is 125. The molecule has 1 unspecified atom stereocenters. The maximum Gasteiger partial charge on any atom is 0.315 e. The van der Waals surface area contributed by atoms with Gasteiger partial charge in [-0.1, -0.05) is 61.4 Å². The Labute approximate surface area is 431 Å². The predicted molar refractivity (Wildman–Crippen MR) is 277 cm³/mol. The third-order valence-electron chi connectivity index (χ3n) is 13.9. The quantitative estimate of drug-likeness (QED) is 0.0350. The van der Waals surface area contributed by atoms with Gasteiger partial charge in [-0.2, -0.15) is 0 Å². The number of hydrogen-bond acceptors (Lipinski definition) is 9. The van der Waals surface area contributed by atoms with Crippen LogP contribution in [0.1, 0.15) is 108 Å². The van der Waals surface area contributed by atoms with Crippen LogP contribution in [0.2, 0.25) is 0 Å². The van der Waals surface area contributed by atoms with E-state index in [1.54, 1.807) is 6.20 Å². The minimum absolute atomic E-state index is 0.0371. The molecule has 0 spiro atoms. The standard InChI is InChI=1S/C52H74ClN11O9/c1-33-38(62-52(73)59-33)20-7-4-8-24-45(66)56-25-13-11-22-40(47(54)68)60-48(69)35(18-15-26-57-51(55)72)30-44(65)41(29-36-32-58-39-21-10-9-19-37(36)39)61-49(70)42-23-12-14-27-64(42)50(71)43(63(2)46(67)31-53)28-34-16-5-3-6-17-34/h3,5-6,9-10,16-17,19,21,32-33,35,38,40-43,58H,4,7-8,11-15,18,20,22-31H2,1-2H3,(H2,54,68)(H,56,66)(H,60,69)(H,61,70)(H3,55,57,72)(H2,59,62,73)/t33-,35-,38?,40+,41+,42+,43+/m1/s1. The maximum absolute atomic E-state index is 14.7. The van der Waals surface area contributed by atoms with Gasteiger partial charge in [0.1, 0.15) is 24.0 Å². The molecule has 0 bridgehead atoms. The van der Waals surface area contributed by atoms with Crippen molar-refractivity contribution in [2.24, 2.45) is 17.4 Å². The average molecular weight is 1030 g/mol. The molecule has 2 aliphatic rings. The number of carbonyl (C=O) groups is 9. The number of nitrogens with one attached hydrogen (secondary N) is 7. The molecule has 0 saturated carbocycles. The second-order valence-corrected chi connectivity index (χ2v) is 19.5. The summed E-state index contributed by atoms with van der Waals surface area (Å²) in [7, 11) is 1.52. The van der Waals surface area contributed by atoms with E-state index in [1.165, 1.54) is 16.8 Å². The normalized spacial score (nSPS) is 18.0. The molecule has 21 heteroatoms. The number of nitrogens with two attached hydrogens (primary N) is 2. The van der Waals surface area contributed by atoms with E-state index in [-0.39, 0.29) is 81.5 Å². The van der Waals surface area contributed by atoms with E-state index in [0.717, 1.165) is 41.3 Å². The number of alkyl halides is 1. The Hall–Kier alpha value is -6.70. The first-order chi connectivity index (χ1) is 35.1. The SMILES string of the molecule is C[C@H]1NC(=O)NC1CCCCCC(=O)NCCCC[C@H](NC(=O)[C@H](CCCNC(N)=O)CC(=O)[C@H](Cc1c[nH]c2ccccc12)NC(=O)[C@@H]1CCCCN1C(=O)[C@H](Cc1ccccc1)N(C)C(=O)CCl)C(N)=O. The topological polar surface area (TPSA) is 300 Å². The van der Waals surface area contributed by atoms with Gasteiger partial charge in [-0.05, 0) is 88.3 Å². The van der Waals surface area contributed by atoms with E-state index in [1.807, 2.05) is 61.5 Å². The summed E-state index contributed by atoms with van der Waals surface area (Å²) < 4.78 is 0. The van der Waals surface area contributed by atoms with Crippen LogP contribution >= 0.6 is 11.6 Å². The number of primary amides is 2. The van der Waals surface area contributed by atoms with Crippen molar-refractivity contribution < 1.29 is 43.2 Å². The van der Waals surface area contributed by atoms with E-state index in [2.05, 4.69) is 36.9 Å². The average Bonchev–Trinajstić information content (AvgIpc) is 3.94.